The molecule has 0 aliphatic carbocycles. The maximum Gasteiger partial charge on any atom is 0.192 e. The largest absolute Gasteiger partial charge is 0.486 e. The highest BCUT2D eigenvalue weighted by molar-refractivity contribution is 7.12. The zero-order valence-corrected chi connectivity index (χ0v) is 16.3. The maximum atomic E-state index is 9.65. The number of halogens is 2. The summed E-state index contributed by atoms with van der Waals surface area (Å²) >= 11 is 13.4. The van der Waals surface area contributed by atoms with Gasteiger partial charge in [0.05, 0.1) is 10.0 Å². The van der Waals surface area contributed by atoms with Crippen LogP contribution in [0.5, 0.6) is 16.6 Å². The fraction of sp³-hybridized carbons (Fsp3) is 0.150. The molecule has 3 aromatic rings. The summed E-state index contributed by atoms with van der Waals surface area (Å²) in [7, 11) is 0. The summed E-state index contributed by atoms with van der Waals surface area (Å²) in [5.41, 5.74) is 3.07. The Morgan fingerprint density at radius 3 is 2.63 bits per heavy atom. The summed E-state index contributed by atoms with van der Waals surface area (Å²) in [6.45, 7) is 1.36. The van der Waals surface area contributed by atoms with Gasteiger partial charge >= 0.3 is 0 Å². The molecular formula is C20H13Cl2NO3S. The van der Waals surface area contributed by atoms with Crippen LogP contribution in [0.15, 0.2) is 41.8 Å². The predicted octanol–water partition coefficient (Wildman–Crippen LogP) is 5.94. The highest BCUT2D eigenvalue weighted by atomic mass is 35.5. The highest BCUT2D eigenvalue weighted by Crippen LogP contribution is 2.41. The summed E-state index contributed by atoms with van der Waals surface area (Å²) in [6, 6.07) is 13.2. The van der Waals surface area contributed by atoms with Crippen molar-refractivity contribution in [3.05, 3.63) is 63.0 Å². The van der Waals surface area contributed by atoms with Gasteiger partial charge in [0, 0.05) is 10.9 Å². The summed E-state index contributed by atoms with van der Waals surface area (Å²) in [5.74, 6) is 1.40. The van der Waals surface area contributed by atoms with Gasteiger partial charge < -0.3 is 14.2 Å². The van der Waals surface area contributed by atoms with Crippen LogP contribution in [0.4, 0.5) is 0 Å². The van der Waals surface area contributed by atoms with Crippen molar-refractivity contribution in [1.29, 1.82) is 5.26 Å². The summed E-state index contributed by atoms with van der Waals surface area (Å²) in [6.07, 6.45) is 0. The molecule has 1 aliphatic rings. The second-order valence-electron chi connectivity index (χ2n) is 5.82. The van der Waals surface area contributed by atoms with Gasteiger partial charge in [0.15, 0.2) is 16.6 Å². The van der Waals surface area contributed by atoms with Gasteiger partial charge in [-0.1, -0.05) is 35.3 Å². The Kier molecular flexibility index (Phi) is 5.13. The summed E-state index contributed by atoms with van der Waals surface area (Å²) < 4.78 is 17.0. The molecule has 0 spiro atoms. The van der Waals surface area contributed by atoms with Crippen molar-refractivity contribution in [3.8, 4) is 33.8 Å². The van der Waals surface area contributed by atoms with Crippen LogP contribution in [0.3, 0.4) is 0 Å². The normalized spacial score (nSPS) is 12.5. The minimum Gasteiger partial charge on any atom is -0.486 e. The number of ether oxygens (including phenoxy) is 3. The molecule has 27 heavy (non-hydrogen) atoms. The first kappa shape index (κ1) is 18.0. The van der Waals surface area contributed by atoms with Crippen LogP contribution in [0, 0.1) is 11.3 Å². The van der Waals surface area contributed by atoms with Crippen LogP contribution in [0.25, 0.3) is 11.1 Å². The third-order valence-corrected chi connectivity index (χ3v) is 5.70. The molecule has 2 heterocycles. The molecule has 0 N–H and O–H groups in total. The van der Waals surface area contributed by atoms with Gasteiger partial charge in [0.2, 0.25) is 0 Å². The maximum absolute atomic E-state index is 9.65. The molecule has 4 nitrogen and oxygen atoms in total. The van der Waals surface area contributed by atoms with E-state index < -0.39 is 0 Å². The lowest BCUT2D eigenvalue weighted by Crippen LogP contribution is -2.15. The van der Waals surface area contributed by atoms with E-state index in [0.717, 1.165) is 22.4 Å². The van der Waals surface area contributed by atoms with Crippen LogP contribution < -0.4 is 14.2 Å². The van der Waals surface area contributed by atoms with Gasteiger partial charge in [-0.2, -0.15) is 5.26 Å². The zero-order chi connectivity index (χ0) is 18.8. The average molecular weight is 418 g/mol. The van der Waals surface area contributed by atoms with Crippen molar-refractivity contribution >= 4 is 34.5 Å². The van der Waals surface area contributed by atoms with Crippen molar-refractivity contribution < 1.29 is 14.2 Å². The minimum absolute atomic E-state index is 0.298. The first-order valence-electron chi connectivity index (χ1n) is 8.14. The number of rotatable bonds is 4. The van der Waals surface area contributed by atoms with Crippen LogP contribution in [0.1, 0.15) is 11.1 Å². The monoisotopic (exact) mass is 417 g/mol. The van der Waals surface area contributed by atoms with E-state index in [1.807, 2.05) is 29.6 Å². The Balaban J connectivity index is 1.58. The second kappa shape index (κ2) is 7.69. The lowest BCUT2D eigenvalue weighted by Gasteiger charge is -2.18. The first-order valence-corrected chi connectivity index (χ1v) is 9.77. The van der Waals surface area contributed by atoms with E-state index in [1.54, 1.807) is 12.1 Å². The Hall–Kier alpha value is -2.39. The Labute approximate surface area is 170 Å². The number of thiophene rings is 1. The van der Waals surface area contributed by atoms with E-state index in [1.165, 1.54) is 11.3 Å². The Bertz CT molecular complexity index is 1040. The third-order valence-electron chi connectivity index (χ3n) is 4.08. The smallest absolute Gasteiger partial charge is 0.192 e. The molecule has 1 aromatic heterocycles. The number of hydrogen-bond donors (Lipinski definition) is 0. The van der Waals surface area contributed by atoms with Gasteiger partial charge in [-0.05, 0) is 35.4 Å². The number of benzene rings is 2. The van der Waals surface area contributed by atoms with Crippen molar-refractivity contribution in [2.75, 3.05) is 13.2 Å². The van der Waals surface area contributed by atoms with E-state index >= 15 is 0 Å². The summed E-state index contributed by atoms with van der Waals surface area (Å²) in [5, 5.41) is 13.1. The van der Waals surface area contributed by atoms with Crippen LogP contribution >= 0.6 is 34.5 Å². The van der Waals surface area contributed by atoms with E-state index in [-0.39, 0.29) is 0 Å². The Morgan fingerprint density at radius 2 is 1.85 bits per heavy atom. The molecular weight excluding hydrogens is 405 g/mol. The molecule has 2 aromatic carbocycles. The lowest BCUT2D eigenvalue weighted by atomic mass is 10.0. The predicted molar refractivity (Wildman–Crippen MR) is 106 cm³/mol. The van der Waals surface area contributed by atoms with Crippen molar-refractivity contribution in [3.63, 3.8) is 0 Å². The molecule has 0 saturated heterocycles. The molecule has 0 bridgehead atoms. The van der Waals surface area contributed by atoms with Gasteiger partial charge in [0.25, 0.3) is 0 Å². The number of nitrogens with zero attached hydrogens (tertiary/aromatic N) is 1. The van der Waals surface area contributed by atoms with E-state index in [0.29, 0.717) is 46.2 Å². The van der Waals surface area contributed by atoms with E-state index in [4.69, 9.17) is 37.4 Å². The molecule has 7 heteroatoms. The van der Waals surface area contributed by atoms with E-state index in [2.05, 4.69) is 6.07 Å². The SMILES string of the molecule is N#Cc1c(-c2ccc3c(c2)OCCO3)csc1OCc1ccc(Cl)c(Cl)c1. The Morgan fingerprint density at radius 1 is 1.04 bits per heavy atom. The van der Waals surface area contributed by atoms with Crippen LogP contribution in [-0.2, 0) is 6.61 Å². The molecule has 0 fully saturated rings. The average Bonchev–Trinajstić information content (AvgIpc) is 3.11. The highest BCUT2D eigenvalue weighted by Gasteiger charge is 2.18. The number of nitriles is 1. The van der Waals surface area contributed by atoms with Gasteiger partial charge in [-0.15, -0.1) is 11.3 Å². The standard InChI is InChI=1S/C20H13Cl2NO3S/c21-16-3-1-12(7-17(16)22)10-26-20-14(9-23)15(11-27-20)13-2-4-18-19(8-13)25-6-5-24-18/h1-4,7-8,11H,5-6,10H2. The van der Waals surface area contributed by atoms with Gasteiger partial charge in [-0.25, -0.2) is 0 Å². The molecule has 1 aliphatic heterocycles. The van der Waals surface area contributed by atoms with Gasteiger partial charge in [0.1, 0.15) is 31.5 Å². The number of hydrogen-bond acceptors (Lipinski definition) is 5. The topological polar surface area (TPSA) is 51.5 Å². The van der Waals surface area contributed by atoms with Crippen molar-refractivity contribution in [2.45, 2.75) is 6.61 Å². The van der Waals surface area contributed by atoms with E-state index in [9.17, 15) is 5.26 Å². The minimum atomic E-state index is 0.298. The molecule has 0 atom stereocenters. The second-order valence-corrected chi connectivity index (χ2v) is 7.48. The first-order chi connectivity index (χ1) is 13.2. The molecule has 4 rings (SSSR count). The van der Waals surface area contributed by atoms with Crippen LogP contribution in [-0.4, -0.2) is 13.2 Å². The lowest BCUT2D eigenvalue weighted by molar-refractivity contribution is 0.171. The van der Waals surface area contributed by atoms with Crippen molar-refractivity contribution in [2.24, 2.45) is 0 Å². The fourth-order valence-corrected chi connectivity index (χ4v) is 3.95. The van der Waals surface area contributed by atoms with Crippen LogP contribution in [0.2, 0.25) is 10.0 Å². The van der Waals surface area contributed by atoms with Crippen molar-refractivity contribution in [1.82, 2.24) is 0 Å². The third kappa shape index (κ3) is 3.70. The quantitative estimate of drug-likeness (QED) is 0.526. The van der Waals surface area contributed by atoms with Gasteiger partial charge in [-0.3, -0.25) is 0 Å². The fourth-order valence-electron chi connectivity index (χ4n) is 2.75. The zero-order valence-electron chi connectivity index (χ0n) is 14.0. The summed E-state index contributed by atoms with van der Waals surface area (Å²) in [4.78, 5) is 0. The molecule has 0 saturated carbocycles. The molecule has 0 unspecified atom stereocenters. The molecule has 136 valence electrons. The molecule has 0 amide bonds. The number of fused-ring (bicyclic) bond motifs is 1. The molecule has 0 radical (unpaired) electrons.